The molecule has 0 spiro atoms. The van der Waals surface area contributed by atoms with Crippen LogP contribution < -0.4 is 16.4 Å². The highest BCUT2D eigenvalue weighted by atomic mass is 16.2. The van der Waals surface area contributed by atoms with E-state index >= 15 is 0 Å². The number of nitrogens with one attached hydrogen (secondary N) is 2. The van der Waals surface area contributed by atoms with E-state index in [-0.39, 0.29) is 23.6 Å². The zero-order valence-electron chi connectivity index (χ0n) is 23.1. The van der Waals surface area contributed by atoms with Crippen molar-refractivity contribution in [1.82, 2.24) is 15.1 Å². The number of nitrogens with two attached hydrogens (primary N) is 1. The van der Waals surface area contributed by atoms with Crippen LogP contribution in [0.25, 0.3) is 0 Å². The normalized spacial score (nSPS) is 18.3. The second-order valence-corrected chi connectivity index (χ2v) is 10.9. The minimum Gasteiger partial charge on any atom is -0.344 e. The Morgan fingerprint density at radius 1 is 0.897 bits per heavy atom. The van der Waals surface area contributed by atoms with E-state index in [0.29, 0.717) is 31.6 Å². The maximum Gasteiger partial charge on any atom is 0.245 e. The summed E-state index contributed by atoms with van der Waals surface area (Å²) in [4.78, 5) is 42.7. The van der Waals surface area contributed by atoms with E-state index in [1.807, 2.05) is 47.4 Å². The predicted octanol–water partition coefficient (Wildman–Crippen LogP) is 3.31. The molecule has 2 fully saturated rings. The Morgan fingerprint density at radius 3 is 2.21 bits per heavy atom. The molecular formula is C31H43N5O3. The number of hydrogen-bond donors (Lipinski definition) is 3. The standard InChI is InChI=1S/C31H43N5O3/c1-2-28(37)34-27(31(39)36-19-17-35(18-20-36)22-24-9-5-3-6-10-24)21-23-13-15-26(16-14-23)33-30(38)29(32)25-11-7-4-8-12-25/h3,5-6,9-10,13-16,25,27,29H,2,4,7-8,11-12,17-22,32H2,1H3,(H,33,38)(H,34,37)/t27-,29+/m1/s1. The van der Waals surface area contributed by atoms with E-state index in [0.717, 1.165) is 50.9 Å². The third-order valence-corrected chi connectivity index (χ3v) is 8.01. The molecule has 3 amide bonds. The molecule has 2 aliphatic rings. The topological polar surface area (TPSA) is 108 Å². The molecule has 0 radical (unpaired) electrons. The highest BCUT2D eigenvalue weighted by Gasteiger charge is 2.29. The van der Waals surface area contributed by atoms with E-state index in [1.54, 1.807) is 6.92 Å². The van der Waals surface area contributed by atoms with Crippen LogP contribution in [0.1, 0.15) is 56.6 Å². The summed E-state index contributed by atoms with van der Waals surface area (Å²) in [5.41, 5.74) is 9.12. The molecule has 4 N–H and O–H groups in total. The average molecular weight is 534 g/mol. The maximum atomic E-state index is 13.5. The number of carbonyl (C=O) groups is 3. The maximum absolute atomic E-state index is 13.5. The van der Waals surface area contributed by atoms with Gasteiger partial charge < -0.3 is 21.3 Å². The quantitative estimate of drug-likeness (QED) is 0.434. The SMILES string of the molecule is CCC(=O)N[C@H](Cc1ccc(NC(=O)[C@@H](N)C2CCCCC2)cc1)C(=O)N1CCN(Cc2ccccc2)CC1. The van der Waals surface area contributed by atoms with Gasteiger partial charge in [-0.3, -0.25) is 19.3 Å². The largest absolute Gasteiger partial charge is 0.344 e. The molecule has 2 atom stereocenters. The Morgan fingerprint density at radius 2 is 1.56 bits per heavy atom. The summed E-state index contributed by atoms with van der Waals surface area (Å²) in [6.45, 7) is 5.52. The van der Waals surface area contributed by atoms with Crippen LogP contribution in [0.15, 0.2) is 54.6 Å². The molecule has 39 heavy (non-hydrogen) atoms. The molecule has 210 valence electrons. The van der Waals surface area contributed by atoms with E-state index in [2.05, 4.69) is 27.7 Å². The zero-order valence-corrected chi connectivity index (χ0v) is 23.1. The minimum atomic E-state index is -0.627. The van der Waals surface area contributed by atoms with Gasteiger partial charge in [-0.1, -0.05) is 68.7 Å². The lowest BCUT2D eigenvalue weighted by Crippen LogP contribution is -2.55. The molecule has 2 aromatic rings. The lowest BCUT2D eigenvalue weighted by atomic mass is 9.84. The number of hydrogen-bond acceptors (Lipinski definition) is 5. The van der Waals surface area contributed by atoms with Crippen LogP contribution >= 0.6 is 0 Å². The highest BCUT2D eigenvalue weighted by molar-refractivity contribution is 5.95. The Kier molecular flexibility index (Phi) is 10.5. The van der Waals surface area contributed by atoms with Crippen molar-refractivity contribution in [2.24, 2.45) is 11.7 Å². The summed E-state index contributed by atoms with van der Waals surface area (Å²) in [6, 6.07) is 16.7. The summed E-state index contributed by atoms with van der Waals surface area (Å²) in [7, 11) is 0. The second-order valence-electron chi connectivity index (χ2n) is 10.9. The van der Waals surface area contributed by atoms with Crippen LogP contribution in [-0.4, -0.2) is 65.8 Å². The van der Waals surface area contributed by atoms with Crippen LogP contribution in [0.5, 0.6) is 0 Å². The molecule has 1 aliphatic heterocycles. The molecule has 1 aliphatic carbocycles. The van der Waals surface area contributed by atoms with Crippen LogP contribution in [0.3, 0.4) is 0 Å². The van der Waals surface area contributed by atoms with Crippen molar-refractivity contribution < 1.29 is 14.4 Å². The van der Waals surface area contributed by atoms with Crippen molar-refractivity contribution in [3.8, 4) is 0 Å². The van der Waals surface area contributed by atoms with Crippen molar-refractivity contribution in [1.29, 1.82) is 0 Å². The van der Waals surface area contributed by atoms with Gasteiger partial charge in [0.25, 0.3) is 0 Å². The predicted molar refractivity (Wildman–Crippen MR) is 154 cm³/mol. The molecule has 0 unspecified atom stereocenters. The van der Waals surface area contributed by atoms with Crippen LogP contribution in [0.4, 0.5) is 5.69 Å². The molecule has 1 saturated heterocycles. The Labute approximate surface area is 232 Å². The first kappa shape index (κ1) is 28.8. The van der Waals surface area contributed by atoms with Crippen LogP contribution in [0, 0.1) is 5.92 Å². The van der Waals surface area contributed by atoms with Crippen molar-refractivity contribution in [3.05, 3.63) is 65.7 Å². The smallest absolute Gasteiger partial charge is 0.245 e. The van der Waals surface area contributed by atoms with Crippen molar-refractivity contribution >= 4 is 23.4 Å². The molecule has 1 heterocycles. The number of rotatable bonds is 10. The van der Waals surface area contributed by atoms with Gasteiger partial charge in [0.05, 0.1) is 6.04 Å². The first-order valence-corrected chi connectivity index (χ1v) is 14.4. The fourth-order valence-corrected chi connectivity index (χ4v) is 5.58. The van der Waals surface area contributed by atoms with Gasteiger partial charge in [-0.25, -0.2) is 0 Å². The Balaban J connectivity index is 1.32. The summed E-state index contributed by atoms with van der Waals surface area (Å²) >= 11 is 0. The molecule has 1 saturated carbocycles. The Bertz CT molecular complexity index is 1080. The van der Waals surface area contributed by atoms with E-state index < -0.39 is 12.1 Å². The van der Waals surface area contributed by atoms with Gasteiger partial charge in [0.2, 0.25) is 17.7 Å². The minimum absolute atomic E-state index is 0.0491. The summed E-state index contributed by atoms with van der Waals surface area (Å²) in [5, 5.41) is 5.87. The lowest BCUT2D eigenvalue weighted by Gasteiger charge is -2.36. The van der Waals surface area contributed by atoms with Gasteiger partial charge in [0.15, 0.2) is 0 Å². The van der Waals surface area contributed by atoms with Crippen molar-refractivity contribution in [2.45, 2.75) is 70.5 Å². The number of piperazine rings is 1. The summed E-state index contributed by atoms with van der Waals surface area (Å²) in [5.74, 6) is -0.0971. The number of anilines is 1. The Hall–Kier alpha value is -3.23. The number of benzene rings is 2. The van der Waals surface area contributed by atoms with Gasteiger partial charge in [0, 0.05) is 51.3 Å². The van der Waals surface area contributed by atoms with E-state index in [4.69, 9.17) is 5.73 Å². The first-order valence-electron chi connectivity index (χ1n) is 14.4. The number of nitrogens with zero attached hydrogens (tertiary/aromatic N) is 2. The first-order chi connectivity index (χ1) is 18.9. The van der Waals surface area contributed by atoms with Crippen molar-refractivity contribution in [3.63, 3.8) is 0 Å². The van der Waals surface area contributed by atoms with Crippen LogP contribution in [0.2, 0.25) is 0 Å². The van der Waals surface area contributed by atoms with E-state index in [1.165, 1.54) is 12.0 Å². The lowest BCUT2D eigenvalue weighted by molar-refractivity contribution is -0.138. The van der Waals surface area contributed by atoms with Gasteiger partial charge in [0.1, 0.15) is 6.04 Å². The third-order valence-electron chi connectivity index (χ3n) is 8.01. The van der Waals surface area contributed by atoms with Gasteiger partial charge in [-0.05, 0) is 42.0 Å². The number of carbonyl (C=O) groups excluding carboxylic acids is 3. The van der Waals surface area contributed by atoms with Gasteiger partial charge in [-0.15, -0.1) is 0 Å². The summed E-state index contributed by atoms with van der Waals surface area (Å²) < 4.78 is 0. The molecular weight excluding hydrogens is 490 g/mol. The average Bonchev–Trinajstić information content (AvgIpc) is 2.98. The fourth-order valence-electron chi connectivity index (χ4n) is 5.58. The molecule has 4 rings (SSSR count). The van der Waals surface area contributed by atoms with Gasteiger partial charge in [-0.2, -0.15) is 0 Å². The third kappa shape index (κ3) is 8.38. The second kappa shape index (κ2) is 14.2. The molecule has 8 nitrogen and oxygen atoms in total. The fraction of sp³-hybridized carbons (Fsp3) is 0.516. The number of amides is 3. The van der Waals surface area contributed by atoms with E-state index in [9.17, 15) is 14.4 Å². The summed E-state index contributed by atoms with van der Waals surface area (Å²) in [6.07, 6.45) is 6.23. The molecule has 0 bridgehead atoms. The molecule has 2 aromatic carbocycles. The monoisotopic (exact) mass is 533 g/mol. The van der Waals surface area contributed by atoms with Crippen LogP contribution in [-0.2, 0) is 27.3 Å². The molecule has 8 heteroatoms. The highest BCUT2D eigenvalue weighted by Crippen LogP contribution is 2.26. The van der Waals surface area contributed by atoms with Gasteiger partial charge >= 0.3 is 0 Å². The van der Waals surface area contributed by atoms with Crippen molar-refractivity contribution in [2.75, 3.05) is 31.5 Å². The molecule has 0 aromatic heterocycles. The zero-order chi connectivity index (χ0) is 27.6.